The lowest BCUT2D eigenvalue weighted by atomic mass is 9.74. The topological polar surface area (TPSA) is 72.9 Å². The normalized spacial score (nSPS) is 26.0. The van der Waals surface area contributed by atoms with Gasteiger partial charge in [-0.15, -0.1) is 0 Å². The van der Waals surface area contributed by atoms with Gasteiger partial charge in [0.1, 0.15) is 5.82 Å². The molecular formula is C17H30N4O. The molecule has 0 radical (unpaired) electrons. The first-order valence-electron chi connectivity index (χ1n) is 8.21. The van der Waals surface area contributed by atoms with E-state index in [0.717, 1.165) is 43.6 Å². The van der Waals surface area contributed by atoms with Crippen molar-refractivity contribution in [3.05, 3.63) is 11.8 Å². The van der Waals surface area contributed by atoms with E-state index in [1.807, 2.05) is 20.0 Å². The van der Waals surface area contributed by atoms with Crippen LogP contribution in [0.15, 0.2) is 6.07 Å². The van der Waals surface area contributed by atoms with Gasteiger partial charge in [0.2, 0.25) is 5.91 Å². The quantitative estimate of drug-likeness (QED) is 0.902. The van der Waals surface area contributed by atoms with Crippen LogP contribution in [0.5, 0.6) is 0 Å². The molecule has 1 aromatic heterocycles. The highest BCUT2D eigenvalue weighted by Gasteiger charge is 2.38. The van der Waals surface area contributed by atoms with Gasteiger partial charge in [-0.1, -0.05) is 33.6 Å². The number of aryl methyl sites for hydroxylation is 1. The van der Waals surface area contributed by atoms with Crippen molar-refractivity contribution in [2.75, 3.05) is 5.32 Å². The van der Waals surface area contributed by atoms with Crippen molar-refractivity contribution in [1.82, 2.24) is 9.78 Å². The molecular weight excluding hydrogens is 276 g/mol. The highest BCUT2D eigenvalue weighted by molar-refractivity contribution is 5.92. The van der Waals surface area contributed by atoms with Crippen LogP contribution in [0.25, 0.3) is 0 Å². The van der Waals surface area contributed by atoms with Gasteiger partial charge in [-0.3, -0.25) is 9.48 Å². The third-order valence-electron chi connectivity index (χ3n) is 4.46. The van der Waals surface area contributed by atoms with Gasteiger partial charge < -0.3 is 11.1 Å². The zero-order valence-electron chi connectivity index (χ0n) is 14.6. The van der Waals surface area contributed by atoms with E-state index in [4.69, 9.17) is 5.73 Å². The average Bonchev–Trinajstić information content (AvgIpc) is 2.66. The summed E-state index contributed by atoms with van der Waals surface area (Å²) in [5.41, 5.74) is 7.09. The van der Waals surface area contributed by atoms with Gasteiger partial charge in [0.05, 0.1) is 11.6 Å². The van der Waals surface area contributed by atoms with Crippen molar-refractivity contribution >= 4 is 11.7 Å². The minimum Gasteiger partial charge on any atom is -0.325 e. The molecule has 5 heteroatoms. The van der Waals surface area contributed by atoms with Gasteiger partial charge in [-0.2, -0.15) is 5.10 Å². The van der Waals surface area contributed by atoms with E-state index in [1.54, 1.807) is 4.68 Å². The molecule has 1 heterocycles. The Morgan fingerprint density at radius 2 is 2.18 bits per heavy atom. The number of aromatic nitrogens is 2. The highest BCUT2D eigenvalue weighted by Crippen LogP contribution is 2.32. The summed E-state index contributed by atoms with van der Waals surface area (Å²) in [5.74, 6) is 0.655. The van der Waals surface area contributed by atoms with E-state index in [9.17, 15) is 4.79 Å². The molecule has 22 heavy (non-hydrogen) atoms. The van der Waals surface area contributed by atoms with E-state index in [0.29, 0.717) is 0 Å². The average molecular weight is 306 g/mol. The number of amides is 1. The fraction of sp³-hybridized carbons (Fsp3) is 0.765. The molecule has 0 spiro atoms. The number of hydrogen-bond acceptors (Lipinski definition) is 3. The molecule has 3 N–H and O–H groups in total. The van der Waals surface area contributed by atoms with Crippen molar-refractivity contribution in [2.45, 2.75) is 65.3 Å². The first-order chi connectivity index (χ1) is 10.1. The Hall–Kier alpha value is -1.36. The Morgan fingerprint density at radius 1 is 1.50 bits per heavy atom. The maximum absolute atomic E-state index is 12.6. The Morgan fingerprint density at radius 3 is 2.77 bits per heavy atom. The Balaban J connectivity index is 2.08. The lowest BCUT2D eigenvalue weighted by Gasteiger charge is -2.37. The zero-order chi connectivity index (χ0) is 16.5. The smallest absolute Gasteiger partial charge is 0.230 e. The van der Waals surface area contributed by atoms with Gasteiger partial charge in [0.15, 0.2) is 0 Å². The van der Waals surface area contributed by atoms with E-state index >= 15 is 0 Å². The van der Waals surface area contributed by atoms with E-state index in [1.165, 1.54) is 0 Å². The van der Waals surface area contributed by atoms with Crippen molar-refractivity contribution in [2.24, 2.45) is 24.1 Å². The summed E-state index contributed by atoms with van der Waals surface area (Å²) in [4.78, 5) is 12.6. The molecule has 0 aliphatic heterocycles. The van der Waals surface area contributed by atoms with Crippen LogP contribution in [-0.4, -0.2) is 21.2 Å². The number of nitrogens with two attached hydrogens (primary N) is 1. The van der Waals surface area contributed by atoms with Crippen LogP contribution in [0.2, 0.25) is 0 Å². The zero-order valence-corrected chi connectivity index (χ0v) is 14.6. The summed E-state index contributed by atoms with van der Waals surface area (Å²) in [7, 11) is 1.87. The molecule has 1 fully saturated rings. The van der Waals surface area contributed by atoms with Crippen LogP contribution in [0.4, 0.5) is 5.82 Å². The van der Waals surface area contributed by atoms with Crippen molar-refractivity contribution in [3.63, 3.8) is 0 Å². The second-order valence-corrected chi connectivity index (χ2v) is 8.18. The van der Waals surface area contributed by atoms with Gasteiger partial charge in [0.25, 0.3) is 0 Å². The number of carbonyl (C=O) groups excluding carboxylic acids is 1. The molecule has 0 aromatic carbocycles. The van der Waals surface area contributed by atoms with Gasteiger partial charge in [-0.05, 0) is 31.6 Å². The Labute approximate surface area is 133 Å². The van der Waals surface area contributed by atoms with E-state index in [-0.39, 0.29) is 17.2 Å². The van der Waals surface area contributed by atoms with Gasteiger partial charge in [-0.25, -0.2) is 0 Å². The summed E-state index contributed by atoms with van der Waals surface area (Å²) in [6.07, 6.45) is 4.84. The van der Waals surface area contributed by atoms with Crippen LogP contribution < -0.4 is 11.1 Å². The molecule has 0 saturated heterocycles. The number of hydrogen-bond donors (Lipinski definition) is 2. The molecule has 1 aromatic rings. The van der Waals surface area contributed by atoms with E-state index in [2.05, 4.69) is 31.2 Å². The number of rotatable bonds is 3. The summed E-state index contributed by atoms with van der Waals surface area (Å²) in [5, 5.41) is 7.52. The van der Waals surface area contributed by atoms with Gasteiger partial charge >= 0.3 is 0 Å². The molecule has 1 aliphatic rings. The molecule has 2 unspecified atom stereocenters. The molecule has 5 nitrogen and oxygen atoms in total. The summed E-state index contributed by atoms with van der Waals surface area (Å²) in [6.45, 7) is 8.54. The van der Waals surface area contributed by atoms with Crippen molar-refractivity contribution in [1.29, 1.82) is 0 Å². The predicted octanol–water partition coefficient (Wildman–Crippen LogP) is 2.85. The van der Waals surface area contributed by atoms with E-state index < -0.39 is 5.54 Å². The lowest BCUT2D eigenvalue weighted by molar-refractivity contribution is -0.122. The molecule has 1 amide bonds. The molecule has 1 saturated carbocycles. The summed E-state index contributed by atoms with van der Waals surface area (Å²) in [6, 6.07) is 1.97. The molecule has 2 atom stereocenters. The highest BCUT2D eigenvalue weighted by atomic mass is 16.2. The van der Waals surface area contributed by atoms with Crippen molar-refractivity contribution < 1.29 is 4.79 Å². The number of nitrogens with one attached hydrogen (secondary N) is 1. The van der Waals surface area contributed by atoms with Crippen LogP contribution in [0, 0.1) is 11.3 Å². The first-order valence-corrected chi connectivity index (χ1v) is 8.21. The molecule has 1 aliphatic carbocycles. The monoisotopic (exact) mass is 306 g/mol. The number of nitrogens with zero attached hydrogens (tertiary/aromatic N) is 2. The largest absolute Gasteiger partial charge is 0.325 e. The Kier molecular flexibility index (Phi) is 4.66. The fourth-order valence-electron chi connectivity index (χ4n) is 3.28. The molecule has 2 rings (SSSR count). The number of anilines is 1. The predicted molar refractivity (Wildman–Crippen MR) is 89.5 cm³/mol. The second kappa shape index (κ2) is 6.03. The summed E-state index contributed by atoms with van der Waals surface area (Å²) < 4.78 is 1.75. The number of carbonyl (C=O) groups is 1. The Bertz CT molecular complexity index is 539. The third-order valence-corrected chi connectivity index (χ3v) is 4.46. The maximum atomic E-state index is 12.6. The summed E-state index contributed by atoms with van der Waals surface area (Å²) >= 11 is 0. The standard InChI is InChI=1S/C17H30N4O/c1-16(2,3)11-12-10-14(21(5)20-12)19-15(22)13-8-6-7-9-17(13,4)18/h10,13H,6-9,11,18H2,1-5H3,(H,19,22). The maximum Gasteiger partial charge on any atom is 0.230 e. The molecule has 0 bridgehead atoms. The van der Waals surface area contributed by atoms with Gasteiger partial charge in [0, 0.05) is 18.7 Å². The van der Waals surface area contributed by atoms with Crippen LogP contribution in [-0.2, 0) is 18.3 Å². The van der Waals surface area contributed by atoms with Crippen LogP contribution >= 0.6 is 0 Å². The minimum absolute atomic E-state index is 0.0232. The SMILES string of the molecule is Cn1nc(CC(C)(C)C)cc1NC(=O)C1CCCCC1(C)N. The second-order valence-electron chi connectivity index (χ2n) is 8.18. The molecule has 124 valence electrons. The van der Waals surface area contributed by atoms with Crippen LogP contribution in [0.3, 0.4) is 0 Å². The van der Waals surface area contributed by atoms with Crippen molar-refractivity contribution in [3.8, 4) is 0 Å². The third kappa shape index (κ3) is 4.09. The minimum atomic E-state index is -0.408. The fourth-order valence-corrected chi connectivity index (χ4v) is 3.28. The lowest BCUT2D eigenvalue weighted by Crippen LogP contribution is -2.51. The first kappa shape index (κ1) is 17.0. The van der Waals surface area contributed by atoms with Crippen LogP contribution in [0.1, 0.15) is 59.1 Å².